The topological polar surface area (TPSA) is 108 Å². The van der Waals surface area contributed by atoms with E-state index in [0.29, 0.717) is 38.9 Å². The van der Waals surface area contributed by atoms with Crippen molar-refractivity contribution >= 4 is 6.08 Å². The number of hydrogen-bond acceptors (Lipinski definition) is 5. The highest BCUT2D eigenvalue weighted by Gasteiger charge is 2.79. The highest BCUT2D eigenvalue weighted by Crippen LogP contribution is 2.71. The Labute approximate surface area is 265 Å². The predicted octanol–water partition coefficient (Wildman–Crippen LogP) is 8.23. The molecule has 1 spiro atoms. The molecular formula is C34H42F5N3O4. The number of rotatable bonds is 5. The maximum absolute atomic E-state index is 15.3. The number of alkyl halides is 5. The Balaban J connectivity index is 1.43. The number of aliphatic hydroxyl groups is 2. The van der Waals surface area contributed by atoms with Crippen LogP contribution in [0.5, 0.6) is 0 Å². The van der Waals surface area contributed by atoms with Crippen molar-refractivity contribution in [2.75, 3.05) is 19.8 Å². The van der Waals surface area contributed by atoms with Crippen molar-refractivity contribution < 1.29 is 41.6 Å². The van der Waals surface area contributed by atoms with E-state index in [2.05, 4.69) is 10.0 Å². The second-order valence-electron chi connectivity index (χ2n) is 15.2. The average molecular weight is 652 g/mol. The molecule has 5 aliphatic rings. The molecule has 252 valence electrons. The molecule has 4 fully saturated rings. The minimum atomic E-state index is -5.91. The number of ether oxygens (including phenoxy) is 2. The molecule has 12 heteroatoms. The fraction of sp³-hybridized carbons (Fsp3) is 0.706. The van der Waals surface area contributed by atoms with Gasteiger partial charge in [0.15, 0.2) is 5.79 Å². The van der Waals surface area contributed by atoms with E-state index in [-0.39, 0.29) is 37.1 Å². The molecule has 7 nitrogen and oxygen atoms in total. The van der Waals surface area contributed by atoms with E-state index in [1.807, 2.05) is 38.1 Å². The third kappa shape index (κ3) is 5.10. The second kappa shape index (κ2) is 11.0. The molecule has 3 saturated carbocycles. The average Bonchev–Trinajstić information content (AvgIpc) is 3.27. The predicted molar refractivity (Wildman–Crippen MR) is 161 cm³/mol. The number of benzene rings is 1. The highest BCUT2D eigenvalue weighted by atomic mass is 19.4. The molecule has 1 aliphatic heterocycles. The molecular weight excluding hydrogens is 609 g/mol. The first-order valence-electron chi connectivity index (χ1n) is 16.1. The van der Waals surface area contributed by atoms with Gasteiger partial charge in [-0.25, -0.2) is 0 Å². The van der Waals surface area contributed by atoms with Crippen LogP contribution in [-0.2, 0) is 9.47 Å². The van der Waals surface area contributed by atoms with E-state index >= 15 is 8.78 Å². The Hall–Kier alpha value is -2.50. The summed E-state index contributed by atoms with van der Waals surface area (Å²) in [5, 5.41) is 27.3. The third-order valence-electron chi connectivity index (χ3n) is 11.8. The van der Waals surface area contributed by atoms with Gasteiger partial charge in [0, 0.05) is 41.0 Å². The van der Waals surface area contributed by atoms with E-state index < -0.39 is 52.8 Å². The summed E-state index contributed by atoms with van der Waals surface area (Å²) in [5.74, 6) is -7.82. The molecule has 0 aromatic heterocycles. The van der Waals surface area contributed by atoms with Crippen LogP contribution in [0.4, 0.5) is 22.0 Å². The van der Waals surface area contributed by atoms with Crippen molar-refractivity contribution in [2.45, 2.75) is 107 Å². The lowest BCUT2D eigenvalue weighted by Crippen LogP contribution is -2.65. The molecule has 1 saturated heterocycles. The first kappa shape index (κ1) is 33.4. The standard InChI is InChI=1S/C34H42F5N3O4/c1-28(2)19-45-31(46-20-28)14-11-26-27-23(10-13-30(26,43)18-31)25-12-15-32(44,33(35,36)34(37,38)39)29(25,3)17-24(27)22-8-6-21(7-9-22)5-4-16-41-42-40/h4-9,23-25,43-44H,10-20H2,1-3H3/b5-4+/t23-,24+,25-,29-,30+,32-/m0/s1. The van der Waals surface area contributed by atoms with Gasteiger partial charge in [-0.05, 0) is 72.6 Å². The smallest absolute Gasteiger partial charge is 0.385 e. The minimum Gasteiger partial charge on any atom is -0.385 e. The molecule has 46 heavy (non-hydrogen) atoms. The van der Waals surface area contributed by atoms with Crippen molar-refractivity contribution in [1.29, 1.82) is 0 Å². The molecule has 6 rings (SSSR count). The Morgan fingerprint density at radius 3 is 2.30 bits per heavy atom. The number of hydrogen-bond donors (Lipinski definition) is 2. The summed E-state index contributed by atoms with van der Waals surface area (Å²) < 4.78 is 84.8. The van der Waals surface area contributed by atoms with Crippen LogP contribution in [0.15, 0.2) is 46.6 Å². The summed E-state index contributed by atoms with van der Waals surface area (Å²) in [6.07, 6.45) is -1.33. The largest absolute Gasteiger partial charge is 0.456 e. The van der Waals surface area contributed by atoms with Crippen molar-refractivity contribution in [3.8, 4) is 0 Å². The van der Waals surface area contributed by atoms with E-state index in [9.17, 15) is 23.4 Å². The minimum absolute atomic E-state index is 0.0332. The van der Waals surface area contributed by atoms with Gasteiger partial charge in [0.1, 0.15) is 5.60 Å². The van der Waals surface area contributed by atoms with Crippen molar-refractivity contribution in [1.82, 2.24) is 0 Å². The number of halogens is 5. The Kier molecular flexibility index (Phi) is 8.00. The number of allylic oxidation sites excluding steroid dienone is 1. The Morgan fingerprint density at radius 2 is 1.67 bits per heavy atom. The summed E-state index contributed by atoms with van der Waals surface area (Å²) >= 11 is 0. The van der Waals surface area contributed by atoms with Gasteiger partial charge in [0.25, 0.3) is 0 Å². The molecule has 1 heterocycles. The van der Waals surface area contributed by atoms with Gasteiger partial charge in [-0.2, -0.15) is 22.0 Å². The van der Waals surface area contributed by atoms with Crippen molar-refractivity contribution in [3.63, 3.8) is 0 Å². The third-order valence-corrected chi connectivity index (χ3v) is 11.8. The van der Waals surface area contributed by atoms with Crippen LogP contribution in [0.3, 0.4) is 0 Å². The molecule has 4 aliphatic carbocycles. The molecule has 0 bridgehead atoms. The van der Waals surface area contributed by atoms with Crippen LogP contribution in [0, 0.1) is 22.7 Å². The quantitative estimate of drug-likeness (QED) is 0.110. The van der Waals surface area contributed by atoms with E-state index in [4.69, 9.17) is 15.0 Å². The normalized spacial score (nSPS) is 37.0. The number of azide groups is 1. The molecule has 2 N–H and O–H groups in total. The van der Waals surface area contributed by atoms with Gasteiger partial charge in [0.2, 0.25) is 0 Å². The van der Waals surface area contributed by atoms with Crippen LogP contribution >= 0.6 is 0 Å². The molecule has 0 amide bonds. The summed E-state index contributed by atoms with van der Waals surface area (Å²) in [5.41, 5.74) is 5.30. The lowest BCUT2D eigenvalue weighted by atomic mass is 9.49. The zero-order valence-corrected chi connectivity index (χ0v) is 26.4. The van der Waals surface area contributed by atoms with Gasteiger partial charge in [-0.15, -0.1) is 0 Å². The number of nitrogens with zero attached hydrogens (tertiary/aromatic N) is 3. The van der Waals surface area contributed by atoms with Crippen LogP contribution in [-0.4, -0.2) is 59.1 Å². The zero-order valence-electron chi connectivity index (χ0n) is 26.4. The lowest BCUT2D eigenvalue weighted by Gasteiger charge is -2.59. The van der Waals surface area contributed by atoms with Gasteiger partial charge in [-0.3, -0.25) is 0 Å². The zero-order chi connectivity index (χ0) is 33.4. The van der Waals surface area contributed by atoms with Crippen LogP contribution in [0.1, 0.15) is 89.2 Å². The summed E-state index contributed by atoms with van der Waals surface area (Å²) in [7, 11) is 0. The monoisotopic (exact) mass is 651 g/mol. The molecule has 0 radical (unpaired) electrons. The first-order chi connectivity index (χ1) is 21.4. The van der Waals surface area contributed by atoms with E-state index in [1.165, 1.54) is 6.92 Å². The molecule has 1 aromatic rings. The maximum Gasteiger partial charge on any atom is 0.456 e. The van der Waals surface area contributed by atoms with Crippen LogP contribution in [0.25, 0.3) is 16.5 Å². The van der Waals surface area contributed by atoms with Gasteiger partial charge in [-0.1, -0.05) is 67.9 Å². The summed E-state index contributed by atoms with van der Waals surface area (Å²) in [6, 6.07) is 7.29. The Bertz CT molecular complexity index is 1460. The fourth-order valence-corrected chi connectivity index (χ4v) is 9.42. The van der Waals surface area contributed by atoms with Gasteiger partial charge in [0.05, 0.1) is 18.8 Å². The fourth-order valence-electron chi connectivity index (χ4n) is 9.42. The van der Waals surface area contributed by atoms with E-state index in [1.54, 1.807) is 12.2 Å². The molecule has 6 atom stereocenters. The Morgan fingerprint density at radius 1 is 1.00 bits per heavy atom. The maximum atomic E-state index is 15.3. The summed E-state index contributed by atoms with van der Waals surface area (Å²) in [4.78, 5) is 2.72. The highest BCUT2D eigenvalue weighted by molar-refractivity contribution is 5.52. The number of fused-ring (bicyclic) bond motifs is 4. The van der Waals surface area contributed by atoms with Crippen molar-refractivity contribution in [2.24, 2.45) is 27.8 Å². The van der Waals surface area contributed by atoms with Crippen LogP contribution < -0.4 is 0 Å². The van der Waals surface area contributed by atoms with Crippen LogP contribution in [0.2, 0.25) is 0 Å². The SMILES string of the molecule is CC1(C)COC2(CCC3=C4[C@@H](CC[C@@]3(O)C2)[C@@H]2CC[C@@](O)(C(F)(F)C(F)(F)F)[C@@]2(C)C[C@@H]4c2ccc(/C=C/CN=[N+]=[N-])cc2)OC1. The van der Waals surface area contributed by atoms with Crippen molar-refractivity contribution in [3.05, 3.63) is 63.1 Å². The summed E-state index contributed by atoms with van der Waals surface area (Å²) in [6.45, 7) is 6.63. The molecule has 0 unspecified atom stereocenters. The van der Waals surface area contributed by atoms with Gasteiger partial charge >= 0.3 is 12.1 Å². The van der Waals surface area contributed by atoms with Gasteiger partial charge < -0.3 is 19.7 Å². The lowest BCUT2D eigenvalue weighted by molar-refractivity contribution is -0.362. The second-order valence-corrected chi connectivity index (χ2v) is 15.2. The van der Waals surface area contributed by atoms with E-state index in [0.717, 1.165) is 22.3 Å². The first-order valence-corrected chi connectivity index (χ1v) is 16.1. The molecule has 1 aromatic carbocycles.